The van der Waals surface area contributed by atoms with Gasteiger partial charge in [-0.15, -0.1) is 0 Å². The molecule has 1 N–H and O–H groups in total. The van der Waals surface area contributed by atoms with Gasteiger partial charge in [-0.3, -0.25) is 4.79 Å². The van der Waals surface area contributed by atoms with E-state index in [-0.39, 0.29) is 23.4 Å². The molecule has 0 heterocycles. The largest absolute Gasteiger partial charge is 0.452 e. The summed E-state index contributed by atoms with van der Waals surface area (Å²) in [5, 5.41) is 0. The Bertz CT molecular complexity index is 763. The van der Waals surface area contributed by atoms with E-state index in [4.69, 9.17) is 4.74 Å². The summed E-state index contributed by atoms with van der Waals surface area (Å²) < 4.78 is 32.8. The molecule has 1 aromatic rings. The quantitative estimate of drug-likeness (QED) is 0.608. The van der Waals surface area contributed by atoms with Gasteiger partial charge in [0.1, 0.15) is 0 Å². The van der Waals surface area contributed by atoms with Crippen LogP contribution in [0.4, 0.5) is 0 Å². The molecule has 0 aliphatic heterocycles. The standard InChI is InChI=1S/C20H29NO4S/c1-15(2)14-17(8-7-13-25-19(22)20(4,5)6)21-26(23,24)18-11-9-16(3)10-12-18/h9-12,15,17,21H,13-14H2,1-6H3. The highest BCUT2D eigenvalue weighted by atomic mass is 32.2. The van der Waals surface area contributed by atoms with Crippen molar-refractivity contribution in [1.82, 2.24) is 4.72 Å². The molecular weight excluding hydrogens is 350 g/mol. The fourth-order valence-electron chi connectivity index (χ4n) is 2.06. The predicted molar refractivity (Wildman–Crippen MR) is 103 cm³/mol. The fraction of sp³-hybridized carbons (Fsp3) is 0.550. The monoisotopic (exact) mass is 379 g/mol. The van der Waals surface area contributed by atoms with E-state index in [0.29, 0.717) is 6.42 Å². The average molecular weight is 380 g/mol. The van der Waals surface area contributed by atoms with Crippen LogP contribution in [0.25, 0.3) is 0 Å². The SMILES string of the molecule is Cc1ccc(S(=O)(=O)NC(C#CCOC(=O)C(C)(C)C)CC(C)C)cc1. The Morgan fingerprint density at radius 2 is 1.77 bits per heavy atom. The first kappa shape index (κ1) is 22.2. The second kappa shape index (κ2) is 9.20. The van der Waals surface area contributed by atoms with Gasteiger partial charge < -0.3 is 4.74 Å². The van der Waals surface area contributed by atoms with E-state index in [2.05, 4.69) is 16.6 Å². The number of ether oxygens (including phenoxy) is 1. The molecule has 1 aromatic carbocycles. The minimum Gasteiger partial charge on any atom is -0.452 e. The number of hydrogen-bond acceptors (Lipinski definition) is 4. The van der Waals surface area contributed by atoms with Crippen molar-refractivity contribution in [1.29, 1.82) is 0 Å². The first-order valence-corrected chi connectivity index (χ1v) is 10.1. The number of nitrogens with one attached hydrogen (secondary N) is 1. The number of carbonyl (C=O) groups is 1. The maximum absolute atomic E-state index is 12.5. The lowest BCUT2D eigenvalue weighted by Crippen LogP contribution is -2.35. The molecule has 26 heavy (non-hydrogen) atoms. The highest BCUT2D eigenvalue weighted by Crippen LogP contribution is 2.15. The number of benzene rings is 1. The molecule has 0 aromatic heterocycles. The molecule has 144 valence electrons. The summed E-state index contributed by atoms with van der Waals surface area (Å²) in [6.45, 7) is 11.1. The van der Waals surface area contributed by atoms with Crippen LogP contribution in [0.3, 0.4) is 0 Å². The third kappa shape index (κ3) is 7.59. The Morgan fingerprint density at radius 1 is 1.19 bits per heavy atom. The zero-order valence-electron chi connectivity index (χ0n) is 16.4. The van der Waals surface area contributed by atoms with Gasteiger partial charge in [0.25, 0.3) is 0 Å². The number of aryl methyl sites for hydroxylation is 1. The summed E-state index contributed by atoms with van der Waals surface area (Å²) in [6.07, 6.45) is 0.561. The van der Waals surface area contributed by atoms with E-state index >= 15 is 0 Å². The van der Waals surface area contributed by atoms with Crippen molar-refractivity contribution in [3.63, 3.8) is 0 Å². The second-order valence-corrected chi connectivity index (χ2v) is 9.48. The molecule has 0 amide bonds. The topological polar surface area (TPSA) is 72.5 Å². The molecule has 6 heteroatoms. The van der Waals surface area contributed by atoms with Gasteiger partial charge in [0.2, 0.25) is 10.0 Å². The predicted octanol–water partition coefficient (Wildman–Crippen LogP) is 3.28. The maximum atomic E-state index is 12.5. The third-order valence-corrected chi connectivity index (χ3v) is 4.99. The van der Waals surface area contributed by atoms with Gasteiger partial charge >= 0.3 is 5.97 Å². The highest BCUT2D eigenvalue weighted by Gasteiger charge is 2.23. The third-order valence-electron chi connectivity index (χ3n) is 3.50. The van der Waals surface area contributed by atoms with Crippen LogP contribution in [0, 0.1) is 30.1 Å². The van der Waals surface area contributed by atoms with E-state index < -0.39 is 21.5 Å². The van der Waals surface area contributed by atoms with Crippen LogP contribution < -0.4 is 4.72 Å². The van der Waals surface area contributed by atoms with Crippen molar-refractivity contribution in [3.05, 3.63) is 29.8 Å². The van der Waals surface area contributed by atoms with Crippen LogP contribution in [0.5, 0.6) is 0 Å². The second-order valence-electron chi connectivity index (χ2n) is 7.76. The van der Waals surface area contributed by atoms with E-state index in [1.54, 1.807) is 45.0 Å². The zero-order chi connectivity index (χ0) is 20.0. The van der Waals surface area contributed by atoms with E-state index in [0.717, 1.165) is 5.56 Å². The number of hydrogen-bond donors (Lipinski definition) is 1. The Hall–Kier alpha value is -1.84. The normalized spacial score (nSPS) is 13.0. The van der Waals surface area contributed by atoms with Crippen molar-refractivity contribution >= 4 is 16.0 Å². The van der Waals surface area contributed by atoms with Crippen LogP contribution in [0.15, 0.2) is 29.2 Å². The van der Waals surface area contributed by atoms with Gasteiger partial charge in [0.15, 0.2) is 6.61 Å². The van der Waals surface area contributed by atoms with Crippen molar-refractivity contribution < 1.29 is 17.9 Å². The fourth-order valence-corrected chi connectivity index (χ4v) is 3.22. The van der Waals surface area contributed by atoms with Gasteiger partial charge in [-0.1, -0.05) is 43.4 Å². The number of sulfonamides is 1. The molecule has 0 radical (unpaired) electrons. The molecular formula is C20H29NO4S. The van der Waals surface area contributed by atoms with E-state index in [1.165, 1.54) is 0 Å². The summed E-state index contributed by atoms with van der Waals surface area (Å²) in [4.78, 5) is 11.9. The van der Waals surface area contributed by atoms with Gasteiger partial charge in [-0.2, -0.15) is 4.72 Å². The van der Waals surface area contributed by atoms with Crippen LogP contribution in [0.1, 0.15) is 46.6 Å². The molecule has 0 fully saturated rings. The molecule has 0 spiro atoms. The Kier molecular flexibility index (Phi) is 7.86. The minimum absolute atomic E-state index is 0.0586. The lowest BCUT2D eigenvalue weighted by Gasteiger charge is -2.16. The first-order chi connectivity index (χ1) is 11.9. The van der Waals surface area contributed by atoms with Gasteiger partial charge in [0.05, 0.1) is 16.4 Å². The molecule has 0 saturated heterocycles. The van der Waals surface area contributed by atoms with Crippen molar-refractivity contribution in [2.75, 3.05) is 6.61 Å². The molecule has 1 unspecified atom stereocenters. The Labute approximate surface area is 157 Å². The average Bonchev–Trinajstić information content (AvgIpc) is 2.49. The van der Waals surface area contributed by atoms with Crippen molar-refractivity contribution in [2.24, 2.45) is 11.3 Å². The zero-order valence-corrected chi connectivity index (χ0v) is 17.2. The van der Waals surface area contributed by atoms with Gasteiger partial charge in [-0.05, 0) is 52.2 Å². The smallest absolute Gasteiger partial charge is 0.312 e. The van der Waals surface area contributed by atoms with Crippen molar-refractivity contribution in [3.8, 4) is 11.8 Å². The van der Waals surface area contributed by atoms with Crippen LogP contribution in [-0.2, 0) is 19.6 Å². The summed E-state index contributed by atoms with van der Waals surface area (Å²) >= 11 is 0. The number of carbonyl (C=O) groups excluding carboxylic acids is 1. The van der Waals surface area contributed by atoms with Crippen LogP contribution in [-0.4, -0.2) is 27.0 Å². The summed E-state index contributed by atoms with van der Waals surface area (Å²) in [6, 6.07) is 6.10. The maximum Gasteiger partial charge on any atom is 0.312 e. The Morgan fingerprint density at radius 3 is 2.27 bits per heavy atom. The molecule has 0 saturated carbocycles. The van der Waals surface area contributed by atoms with Crippen molar-refractivity contribution in [2.45, 2.75) is 58.9 Å². The van der Waals surface area contributed by atoms with Crippen LogP contribution >= 0.6 is 0 Å². The molecule has 1 atom stereocenters. The molecule has 5 nitrogen and oxygen atoms in total. The Balaban J connectivity index is 2.83. The lowest BCUT2D eigenvalue weighted by molar-refractivity contribution is -0.151. The molecule has 1 rings (SSSR count). The van der Waals surface area contributed by atoms with Crippen LogP contribution in [0.2, 0.25) is 0 Å². The van der Waals surface area contributed by atoms with Gasteiger partial charge in [-0.25, -0.2) is 8.42 Å². The highest BCUT2D eigenvalue weighted by molar-refractivity contribution is 7.89. The van der Waals surface area contributed by atoms with E-state index in [1.807, 2.05) is 20.8 Å². The summed E-state index contributed by atoms with van der Waals surface area (Å²) in [5.41, 5.74) is 0.398. The van der Waals surface area contributed by atoms with E-state index in [9.17, 15) is 13.2 Å². The number of rotatable bonds is 6. The van der Waals surface area contributed by atoms with Gasteiger partial charge in [0, 0.05) is 0 Å². The molecule has 0 bridgehead atoms. The number of esters is 1. The summed E-state index contributed by atoms with van der Waals surface area (Å²) in [7, 11) is -3.66. The minimum atomic E-state index is -3.66. The molecule has 0 aliphatic carbocycles. The summed E-state index contributed by atoms with van der Waals surface area (Å²) in [5.74, 6) is 5.55. The first-order valence-electron chi connectivity index (χ1n) is 8.66. The lowest BCUT2D eigenvalue weighted by atomic mass is 9.97. The molecule has 0 aliphatic rings.